The highest BCUT2D eigenvalue weighted by Gasteiger charge is 2.54. The summed E-state index contributed by atoms with van der Waals surface area (Å²) in [5.41, 5.74) is -2.72. The minimum atomic E-state index is -2.72. The number of aliphatic hydroxyl groups is 1. The normalized spacial score (nSPS) is 17.8. The molecule has 3 unspecified atom stereocenters. The van der Waals surface area contributed by atoms with Crippen LogP contribution in [0.1, 0.15) is 77.6 Å². The van der Waals surface area contributed by atoms with Crippen molar-refractivity contribution in [3.63, 3.8) is 0 Å². The molecule has 3 atom stereocenters. The molecule has 1 saturated heterocycles. The first-order valence-corrected chi connectivity index (χ1v) is 14.2. The zero-order valence-electron chi connectivity index (χ0n) is 24.2. The predicted octanol–water partition coefficient (Wildman–Crippen LogP) is 0.0732. The number of amides is 4. The Bertz CT molecular complexity index is 1050. The van der Waals surface area contributed by atoms with Crippen LogP contribution in [0.4, 0.5) is 0 Å². The lowest BCUT2D eigenvalue weighted by Crippen LogP contribution is -2.59. The smallest absolute Gasteiger partial charge is 0.357 e. The van der Waals surface area contributed by atoms with Crippen molar-refractivity contribution in [3.8, 4) is 0 Å². The Balaban J connectivity index is 2.49. The van der Waals surface area contributed by atoms with E-state index >= 15 is 0 Å². The van der Waals surface area contributed by atoms with Crippen LogP contribution in [-0.4, -0.2) is 109 Å². The Labute approximate surface area is 248 Å². The van der Waals surface area contributed by atoms with Crippen LogP contribution in [0.3, 0.4) is 0 Å². The van der Waals surface area contributed by atoms with Gasteiger partial charge in [-0.2, -0.15) is 0 Å². The number of hydroxylamine groups is 2. The van der Waals surface area contributed by atoms with Crippen LogP contribution in [-0.2, 0) is 33.6 Å². The van der Waals surface area contributed by atoms with E-state index in [1.165, 1.54) is 6.08 Å². The van der Waals surface area contributed by atoms with E-state index in [-0.39, 0.29) is 19.5 Å². The van der Waals surface area contributed by atoms with Gasteiger partial charge in [-0.05, 0) is 25.7 Å². The summed E-state index contributed by atoms with van der Waals surface area (Å²) >= 11 is 0. The number of hydrogen-bond donors (Lipinski definition) is 7. The average molecular weight is 615 g/mol. The van der Waals surface area contributed by atoms with Crippen molar-refractivity contribution < 1.29 is 59.2 Å². The molecule has 1 aliphatic heterocycles. The minimum Gasteiger partial charge on any atom is -0.481 e. The summed E-state index contributed by atoms with van der Waals surface area (Å²) in [4.78, 5) is 83.7. The van der Waals surface area contributed by atoms with Gasteiger partial charge in [-0.25, -0.2) is 14.7 Å². The van der Waals surface area contributed by atoms with Gasteiger partial charge < -0.3 is 31.1 Å². The third kappa shape index (κ3) is 12.0. The number of rotatable bonds is 21. The van der Waals surface area contributed by atoms with Crippen molar-refractivity contribution in [2.24, 2.45) is 5.92 Å². The Morgan fingerprint density at radius 1 is 0.977 bits per heavy atom. The summed E-state index contributed by atoms with van der Waals surface area (Å²) in [6, 6.07) is -1.79. The SMILES string of the molecule is CCCCCCC/C=C/C(=O)N(O)CCCNC(=O)C(CC(=O)NCCC(C(=O)O)N1C(=O)CCC1(O)C(=O)O)C(=O)O. The Morgan fingerprint density at radius 2 is 1.65 bits per heavy atom. The molecule has 1 heterocycles. The molecule has 0 radical (unpaired) electrons. The van der Waals surface area contributed by atoms with Gasteiger partial charge in [-0.15, -0.1) is 0 Å². The van der Waals surface area contributed by atoms with Gasteiger partial charge in [-0.3, -0.25) is 34.1 Å². The summed E-state index contributed by atoms with van der Waals surface area (Å²) in [6.07, 6.45) is 6.90. The predicted molar refractivity (Wildman–Crippen MR) is 147 cm³/mol. The Hall–Kier alpha value is -4.05. The number of allylic oxidation sites excluding steroid dienone is 1. The molecule has 1 rings (SSSR count). The molecule has 16 heteroatoms. The second kappa shape index (κ2) is 18.5. The van der Waals surface area contributed by atoms with Crippen LogP contribution in [0.25, 0.3) is 0 Å². The topological polar surface area (TPSA) is 251 Å². The Morgan fingerprint density at radius 3 is 2.26 bits per heavy atom. The molecular weight excluding hydrogens is 572 g/mol. The number of carboxylic acids is 3. The fraction of sp³-hybridized carbons (Fsp3) is 0.667. The molecule has 7 N–H and O–H groups in total. The summed E-state index contributed by atoms with van der Waals surface area (Å²) in [5, 5.41) is 53.3. The van der Waals surface area contributed by atoms with E-state index in [4.69, 9.17) is 0 Å². The van der Waals surface area contributed by atoms with Gasteiger partial charge in [0.25, 0.3) is 5.91 Å². The largest absolute Gasteiger partial charge is 0.481 e. The van der Waals surface area contributed by atoms with E-state index in [2.05, 4.69) is 17.6 Å². The van der Waals surface area contributed by atoms with E-state index in [0.717, 1.165) is 32.1 Å². The zero-order chi connectivity index (χ0) is 32.6. The molecule has 0 saturated carbocycles. The number of nitrogens with one attached hydrogen (secondary N) is 2. The Kier molecular flexibility index (Phi) is 15.9. The number of aliphatic carboxylic acids is 3. The van der Waals surface area contributed by atoms with Crippen LogP contribution < -0.4 is 10.6 Å². The monoisotopic (exact) mass is 614 g/mol. The van der Waals surface area contributed by atoms with Crippen LogP contribution in [0.2, 0.25) is 0 Å². The van der Waals surface area contributed by atoms with Gasteiger partial charge >= 0.3 is 17.9 Å². The van der Waals surface area contributed by atoms with Crippen LogP contribution >= 0.6 is 0 Å². The van der Waals surface area contributed by atoms with Crippen molar-refractivity contribution in [1.82, 2.24) is 20.6 Å². The van der Waals surface area contributed by atoms with Gasteiger partial charge in [0.1, 0.15) is 12.0 Å². The van der Waals surface area contributed by atoms with Crippen molar-refractivity contribution in [1.29, 1.82) is 0 Å². The molecule has 0 aromatic rings. The number of likely N-dealkylation sites (tertiary alicyclic amines) is 1. The fourth-order valence-electron chi connectivity index (χ4n) is 4.44. The van der Waals surface area contributed by atoms with Gasteiger partial charge in [0.15, 0.2) is 0 Å². The van der Waals surface area contributed by atoms with Crippen molar-refractivity contribution >= 4 is 41.5 Å². The first kappa shape index (κ1) is 37.0. The second-order valence-corrected chi connectivity index (χ2v) is 10.2. The molecule has 242 valence electrons. The van der Waals surface area contributed by atoms with Gasteiger partial charge in [0, 0.05) is 38.4 Å². The first-order valence-electron chi connectivity index (χ1n) is 14.2. The van der Waals surface area contributed by atoms with Crippen molar-refractivity contribution in [2.45, 2.75) is 89.3 Å². The highest BCUT2D eigenvalue weighted by atomic mass is 16.5. The number of carbonyl (C=O) groups is 7. The second-order valence-electron chi connectivity index (χ2n) is 10.2. The van der Waals surface area contributed by atoms with E-state index in [1.54, 1.807) is 6.08 Å². The van der Waals surface area contributed by atoms with E-state index in [1.807, 2.05) is 0 Å². The molecule has 0 aromatic heterocycles. The molecule has 0 aromatic carbocycles. The summed E-state index contributed by atoms with van der Waals surface area (Å²) in [6.45, 7) is 1.44. The maximum absolute atomic E-state index is 12.4. The van der Waals surface area contributed by atoms with Gasteiger partial charge in [0.05, 0.1) is 6.54 Å². The maximum atomic E-state index is 12.4. The van der Waals surface area contributed by atoms with Crippen LogP contribution in [0, 0.1) is 5.92 Å². The van der Waals surface area contributed by atoms with Gasteiger partial charge in [0.2, 0.25) is 23.4 Å². The molecule has 16 nitrogen and oxygen atoms in total. The molecular formula is C27H42N4O12. The molecule has 0 aliphatic carbocycles. The maximum Gasteiger partial charge on any atom is 0.357 e. The third-order valence-electron chi connectivity index (χ3n) is 6.87. The highest BCUT2D eigenvalue weighted by Crippen LogP contribution is 2.31. The molecule has 4 amide bonds. The van der Waals surface area contributed by atoms with Crippen molar-refractivity contribution in [3.05, 3.63) is 12.2 Å². The number of carbonyl (C=O) groups excluding carboxylic acids is 4. The van der Waals surface area contributed by atoms with Gasteiger partial charge in [-0.1, -0.05) is 38.7 Å². The highest BCUT2D eigenvalue weighted by molar-refractivity contribution is 6.00. The lowest BCUT2D eigenvalue weighted by atomic mass is 10.0. The molecule has 43 heavy (non-hydrogen) atoms. The van der Waals surface area contributed by atoms with Crippen molar-refractivity contribution in [2.75, 3.05) is 19.6 Å². The number of carboxylic acid groups (broad SMARTS) is 3. The quantitative estimate of drug-likeness (QED) is 0.0298. The fourth-order valence-corrected chi connectivity index (χ4v) is 4.44. The minimum absolute atomic E-state index is 0.0891. The average Bonchev–Trinajstić information content (AvgIpc) is 3.25. The molecule has 0 bridgehead atoms. The first-order chi connectivity index (χ1) is 20.3. The zero-order valence-corrected chi connectivity index (χ0v) is 24.2. The standard InChI is InChI=1S/C27H42N4O12/c1-2-3-4-5-6-7-8-10-21(33)30(43)16-9-14-29-23(35)18(24(36)37)17-20(32)28-15-12-19(25(38)39)31-22(34)11-13-27(31,42)26(40)41/h8,10,18-19,42-43H,2-7,9,11-17H2,1H3,(H,28,32)(H,29,35)(H,36,37)(H,38,39)(H,40,41)/b10-8+. The molecule has 1 aliphatic rings. The van der Waals surface area contributed by atoms with E-state index < -0.39 is 91.4 Å². The summed E-state index contributed by atoms with van der Waals surface area (Å²) < 4.78 is 0. The summed E-state index contributed by atoms with van der Waals surface area (Å²) in [5.74, 6) is -10.3. The van der Waals surface area contributed by atoms with Crippen LogP contribution in [0.15, 0.2) is 12.2 Å². The van der Waals surface area contributed by atoms with Crippen LogP contribution in [0.5, 0.6) is 0 Å². The number of unbranched alkanes of at least 4 members (excludes halogenated alkanes) is 5. The third-order valence-corrected chi connectivity index (χ3v) is 6.87. The van der Waals surface area contributed by atoms with E-state index in [9.17, 15) is 59.2 Å². The summed E-state index contributed by atoms with van der Waals surface area (Å²) in [7, 11) is 0. The number of hydrogen-bond acceptors (Lipinski definition) is 9. The van der Waals surface area contributed by atoms with E-state index in [0.29, 0.717) is 16.4 Å². The number of nitrogens with zero attached hydrogens (tertiary/aromatic N) is 2. The lowest BCUT2D eigenvalue weighted by molar-refractivity contribution is -0.188. The lowest BCUT2D eigenvalue weighted by Gasteiger charge is -2.34. The molecule has 0 spiro atoms. The molecule has 1 fully saturated rings.